The van der Waals surface area contributed by atoms with Gasteiger partial charge >= 0.3 is 0 Å². The van der Waals surface area contributed by atoms with Crippen LogP contribution in [0.5, 0.6) is 0 Å². The van der Waals surface area contributed by atoms with Crippen molar-refractivity contribution in [3.8, 4) is 5.82 Å². The molecule has 0 aliphatic carbocycles. The summed E-state index contributed by atoms with van der Waals surface area (Å²) >= 11 is 3.54. The van der Waals surface area contributed by atoms with Gasteiger partial charge in [-0.05, 0) is 49.2 Å². The van der Waals surface area contributed by atoms with Gasteiger partial charge in [0.2, 0.25) is 0 Å². The maximum absolute atomic E-state index is 4.51. The van der Waals surface area contributed by atoms with Crippen LogP contribution in [0.15, 0.2) is 10.8 Å². The molecule has 0 aromatic carbocycles. The van der Waals surface area contributed by atoms with Gasteiger partial charge in [-0.15, -0.1) is 0 Å². The molecule has 0 amide bonds. The monoisotopic (exact) mass is 309 g/mol. The number of hydrogen-bond donors (Lipinski definition) is 1. The fourth-order valence-corrected chi connectivity index (χ4v) is 2.24. The van der Waals surface area contributed by atoms with E-state index < -0.39 is 0 Å². The van der Waals surface area contributed by atoms with Crippen LogP contribution in [0.1, 0.15) is 23.9 Å². The van der Waals surface area contributed by atoms with Crippen LogP contribution >= 0.6 is 15.9 Å². The standard InChI is InChI=1S/C12H16BrN5/c1-5-14-11-10(13)12(16-6-15-11)18-9(4)7(2)8(3)17-18/h6H,5H2,1-4H3,(H,14,15,16). The van der Waals surface area contributed by atoms with Crippen LogP contribution in [0.2, 0.25) is 0 Å². The molecule has 2 aromatic rings. The first-order chi connectivity index (χ1) is 8.56. The Bertz CT molecular complexity index is 576. The molecule has 0 fully saturated rings. The minimum atomic E-state index is 0.759. The molecule has 0 saturated carbocycles. The van der Waals surface area contributed by atoms with Crippen molar-refractivity contribution >= 4 is 21.7 Å². The molecule has 6 heteroatoms. The highest BCUT2D eigenvalue weighted by molar-refractivity contribution is 9.10. The van der Waals surface area contributed by atoms with Crippen molar-refractivity contribution in [1.29, 1.82) is 0 Å². The Morgan fingerprint density at radius 2 is 2.00 bits per heavy atom. The van der Waals surface area contributed by atoms with Gasteiger partial charge < -0.3 is 5.32 Å². The van der Waals surface area contributed by atoms with Crippen LogP contribution in [-0.2, 0) is 0 Å². The number of nitrogens with zero attached hydrogens (tertiary/aromatic N) is 4. The molecule has 2 heterocycles. The van der Waals surface area contributed by atoms with Crippen molar-refractivity contribution in [1.82, 2.24) is 19.7 Å². The summed E-state index contributed by atoms with van der Waals surface area (Å²) in [5, 5.41) is 7.70. The molecule has 0 atom stereocenters. The lowest BCUT2D eigenvalue weighted by molar-refractivity contribution is 0.795. The summed E-state index contributed by atoms with van der Waals surface area (Å²) in [7, 11) is 0. The molecule has 2 aromatic heterocycles. The van der Waals surface area contributed by atoms with E-state index in [1.165, 1.54) is 5.56 Å². The van der Waals surface area contributed by atoms with E-state index in [1.54, 1.807) is 6.33 Å². The van der Waals surface area contributed by atoms with E-state index in [2.05, 4.69) is 43.2 Å². The highest BCUT2D eigenvalue weighted by Crippen LogP contribution is 2.27. The quantitative estimate of drug-likeness (QED) is 0.947. The summed E-state index contributed by atoms with van der Waals surface area (Å²) in [4.78, 5) is 8.51. The van der Waals surface area contributed by atoms with Crippen molar-refractivity contribution in [2.45, 2.75) is 27.7 Å². The molecule has 18 heavy (non-hydrogen) atoms. The van der Waals surface area contributed by atoms with Crippen molar-refractivity contribution in [2.24, 2.45) is 0 Å². The lowest BCUT2D eigenvalue weighted by Gasteiger charge is -2.10. The van der Waals surface area contributed by atoms with E-state index in [0.29, 0.717) is 0 Å². The van der Waals surface area contributed by atoms with Gasteiger partial charge in [0.1, 0.15) is 16.6 Å². The molecule has 0 unspecified atom stereocenters. The maximum Gasteiger partial charge on any atom is 0.173 e. The van der Waals surface area contributed by atoms with E-state index in [0.717, 1.165) is 34.0 Å². The average molecular weight is 310 g/mol. The van der Waals surface area contributed by atoms with Gasteiger partial charge in [0.05, 0.1) is 5.69 Å². The molecule has 96 valence electrons. The van der Waals surface area contributed by atoms with E-state index in [9.17, 15) is 0 Å². The number of nitrogens with one attached hydrogen (secondary N) is 1. The van der Waals surface area contributed by atoms with Gasteiger partial charge in [0, 0.05) is 12.2 Å². The number of rotatable bonds is 3. The molecular formula is C12H16BrN5. The molecule has 0 spiro atoms. The van der Waals surface area contributed by atoms with Gasteiger partial charge in [-0.2, -0.15) is 5.10 Å². The van der Waals surface area contributed by atoms with Crippen LogP contribution < -0.4 is 5.32 Å². The highest BCUT2D eigenvalue weighted by atomic mass is 79.9. The van der Waals surface area contributed by atoms with Crippen LogP contribution in [0.4, 0.5) is 5.82 Å². The van der Waals surface area contributed by atoms with E-state index in [1.807, 2.05) is 25.5 Å². The number of halogens is 1. The first-order valence-corrected chi connectivity index (χ1v) is 6.63. The molecule has 0 aliphatic heterocycles. The van der Waals surface area contributed by atoms with Gasteiger partial charge in [-0.1, -0.05) is 0 Å². The fourth-order valence-electron chi connectivity index (χ4n) is 1.73. The number of hydrogen-bond acceptors (Lipinski definition) is 4. The number of anilines is 1. The molecule has 2 rings (SSSR count). The van der Waals surface area contributed by atoms with Crippen molar-refractivity contribution < 1.29 is 0 Å². The summed E-state index contributed by atoms with van der Waals surface area (Å²) in [6, 6.07) is 0. The van der Waals surface area contributed by atoms with Crippen LogP contribution in [0, 0.1) is 20.8 Å². The second-order valence-corrected chi connectivity index (χ2v) is 4.89. The van der Waals surface area contributed by atoms with Crippen LogP contribution in [0.25, 0.3) is 5.82 Å². The third-order valence-corrected chi connectivity index (χ3v) is 3.70. The van der Waals surface area contributed by atoms with Crippen molar-refractivity contribution in [3.05, 3.63) is 27.8 Å². The van der Waals surface area contributed by atoms with Gasteiger partial charge in [-0.25, -0.2) is 14.6 Å². The Hall–Kier alpha value is -1.43. The summed E-state index contributed by atoms with van der Waals surface area (Å²) in [6.45, 7) is 8.94. The third-order valence-electron chi connectivity index (χ3n) is 2.97. The highest BCUT2D eigenvalue weighted by Gasteiger charge is 2.15. The Morgan fingerprint density at radius 3 is 2.56 bits per heavy atom. The summed E-state index contributed by atoms with van der Waals surface area (Å²) in [5.41, 5.74) is 3.29. The Morgan fingerprint density at radius 1 is 1.28 bits per heavy atom. The lowest BCUT2D eigenvalue weighted by Crippen LogP contribution is -2.08. The van der Waals surface area contributed by atoms with Gasteiger partial charge in [-0.3, -0.25) is 0 Å². The number of aromatic nitrogens is 4. The molecule has 0 radical (unpaired) electrons. The van der Waals surface area contributed by atoms with E-state index >= 15 is 0 Å². The molecule has 0 saturated heterocycles. The Kier molecular flexibility index (Phi) is 3.65. The van der Waals surface area contributed by atoms with Crippen LogP contribution in [0.3, 0.4) is 0 Å². The number of aryl methyl sites for hydroxylation is 1. The third kappa shape index (κ3) is 2.12. The molecule has 5 nitrogen and oxygen atoms in total. The first kappa shape index (κ1) is 13.0. The average Bonchev–Trinajstić information content (AvgIpc) is 2.60. The van der Waals surface area contributed by atoms with E-state index in [4.69, 9.17) is 0 Å². The Balaban J connectivity index is 2.57. The second kappa shape index (κ2) is 5.06. The summed E-state index contributed by atoms with van der Waals surface area (Å²) in [6.07, 6.45) is 1.55. The fraction of sp³-hybridized carbons (Fsp3) is 0.417. The molecule has 1 N–H and O–H groups in total. The topological polar surface area (TPSA) is 55.6 Å². The largest absolute Gasteiger partial charge is 0.369 e. The van der Waals surface area contributed by atoms with Gasteiger partial charge in [0.25, 0.3) is 0 Å². The summed E-state index contributed by atoms with van der Waals surface area (Å²) in [5.74, 6) is 1.54. The van der Waals surface area contributed by atoms with Crippen LogP contribution in [-0.4, -0.2) is 26.3 Å². The van der Waals surface area contributed by atoms with Crippen molar-refractivity contribution in [3.63, 3.8) is 0 Å². The first-order valence-electron chi connectivity index (χ1n) is 5.83. The zero-order valence-electron chi connectivity index (χ0n) is 11.0. The minimum absolute atomic E-state index is 0.759. The molecule has 0 aliphatic rings. The Labute approximate surface area is 115 Å². The van der Waals surface area contributed by atoms with Gasteiger partial charge in [0.15, 0.2) is 5.82 Å². The minimum Gasteiger partial charge on any atom is -0.369 e. The normalized spacial score (nSPS) is 10.7. The van der Waals surface area contributed by atoms with Crippen molar-refractivity contribution in [2.75, 3.05) is 11.9 Å². The second-order valence-electron chi connectivity index (χ2n) is 4.10. The zero-order chi connectivity index (χ0) is 13.3. The van der Waals surface area contributed by atoms with E-state index in [-0.39, 0.29) is 0 Å². The lowest BCUT2D eigenvalue weighted by atomic mass is 10.2. The predicted molar refractivity (Wildman–Crippen MR) is 75.2 cm³/mol. The maximum atomic E-state index is 4.51. The molecular weight excluding hydrogens is 294 g/mol. The SMILES string of the molecule is CCNc1ncnc(-n2nc(C)c(C)c2C)c1Br. The molecule has 0 bridgehead atoms. The smallest absolute Gasteiger partial charge is 0.173 e. The zero-order valence-corrected chi connectivity index (χ0v) is 12.5. The predicted octanol–water partition coefficient (Wildman–Crippen LogP) is 2.78. The summed E-state index contributed by atoms with van der Waals surface area (Å²) < 4.78 is 2.68.